The number of hydrogen-bond acceptors (Lipinski definition) is 2. The molecule has 2 aromatic carbocycles. The van der Waals surface area contributed by atoms with Crippen LogP contribution in [0.5, 0.6) is 0 Å². The van der Waals surface area contributed by atoms with Crippen LogP contribution < -0.4 is 0 Å². The Balaban J connectivity index is 2.37. The zero-order chi connectivity index (χ0) is 13.8. The molecule has 0 bridgehead atoms. The van der Waals surface area contributed by atoms with Crippen molar-refractivity contribution in [3.8, 4) is 0 Å². The highest BCUT2D eigenvalue weighted by molar-refractivity contribution is 5.87. The van der Waals surface area contributed by atoms with E-state index in [0.717, 1.165) is 5.56 Å². The van der Waals surface area contributed by atoms with Gasteiger partial charge in [-0.25, -0.2) is 4.79 Å². The molecule has 1 N–H and O–H groups in total. The second kappa shape index (κ2) is 5.67. The van der Waals surface area contributed by atoms with E-state index in [2.05, 4.69) is 17.0 Å². The van der Waals surface area contributed by atoms with Crippen molar-refractivity contribution < 1.29 is 9.90 Å². The van der Waals surface area contributed by atoms with Gasteiger partial charge in [0.15, 0.2) is 0 Å². The van der Waals surface area contributed by atoms with Crippen molar-refractivity contribution in [1.82, 2.24) is 4.90 Å². The summed E-state index contributed by atoms with van der Waals surface area (Å²) in [5.41, 5.74) is 2.59. The Hall–Kier alpha value is -2.13. The lowest BCUT2D eigenvalue weighted by Gasteiger charge is -2.25. The minimum Gasteiger partial charge on any atom is -0.478 e. The molecule has 0 saturated heterocycles. The van der Waals surface area contributed by atoms with Crippen LogP contribution in [0.25, 0.3) is 0 Å². The van der Waals surface area contributed by atoms with Crippen LogP contribution >= 0.6 is 0 Å². The van der Waals surface area contributed by atoms with E-state index in [1.165, 1.54) is 5.56 Å². The third-order valence-electron chi connectivity index (χ3n) is 3.11. The number of nitrogens with zero attached hydrogens (tertiary/aromatic N) is 1. The predicted octanol–water partition coefficient (Wildman–Crippen LogP) is 3.04. The molecule has 19 heavy (non-hydrogen) atoms. The molecule has 0 amide bonds. The number of rotatable bonds is 4. The standard InChI is InChI=1S/C16H17NO2/c1-17(2)15(12-6-4-3-5-7-12)13-8-10-14(11-9-13)16(18)19/h3-11,15H,1-2H3,(H,18,19). The molecule has 1 atom stereocenters. The minimum atomic E-state index is -0.896. The first-order chi connectivity index (χ1) is 9.09. The summed E-state index contributed by atoms with van der Waals surface area (Å²) in [6, 6.07) is 17.4. The molecule has 1 unspecified atom stereocenters. The van der Waals surface area contributed by atoms with E-state index in [0.29, 0.717) is 5.56 Å². The van der Waals surface area contributed by atoms with Gasteiger partial charge in [0.1, 0.15) is 0 Å². The number of carbonyl (C=O) groups is 1. The number of carboxylic acids is 1. The van der Waals surface area contributed by atoms with Crippen molar-refractivity contribution in [2.75, 3.05) is 14.1 Å². The largest absolute Gasteiger partial charge is 0.478 e. The maximum absolute atomic E-state index is 10.9. The van der Waals surface area contributed by atoms with Crippen LogP contribution in [0, 0.1) is 0 Å². The second-order valence-corrected chi connectivity index (χ2v) is 4.70. The quantitative estimate of drug-likeness (QED) is 0.913. The van der Waals surface area contributed by atoms with Gasteiger partial charge in [-0.1, -0.05) is 42.5 Å². The average molecular weight is 255 g/mol. The Morgan fingerprint density at radius 1 is 0.947 bits per heavy atom. The van der Waals surface area contributed by atoms with Gasteiger partial charge in [-0.3, -0.25) is 4.90 Å². The maximum Gasteiger partial charge on any atom is 0.335 e. The highest BCUT2D eigenvalue weighted by atomic mass is 16.4. The van der Waals surface area contributed by atoms with E-state index in [1.54, 1.807) is 12.1 Å². The molecule has 0 saturated carbocycles. The molecular formula is C16H17NO2. The second-order valence-electron chi connectivity index (χ2n) is 4.70. The smallest absolute Gasteiger partial charge is 0.335 e. The molecule has 98 valence electrons. The molecule has 0 radical (unpaired) electrons. The van der Waals surface area contributed by atoms with E-state index >= 15 is 0 Å². The highest BCUT2D eigenvalue weighted by Gasteiger charge is 2.16. The van der Waals surface area contributed by atoms with Gasteiger partial charge >= 0.3 is 5.97 Å². The summed E-state index contributed by atoms with van der Waals surface area (Å²) in [5, 5.41) is 8.93. The molecule has 3 heteroatoms. The van der Waals surface area contributed by atoms with Gasteiger partial charge in [0.25, 0.3) is 0 Å². The highest BCUT2D eigenvalue weighted by Crippen LogP contribution is 2.26. The summed E-state index contributed by atoms with van der Waals surface area (Å²) in [6.45, 7) is 0. The van der Waals surface area contributed by atoms with Gasteiger partial charge in [0.05, 0.1) is 11.6 Å². The van der Waals surface area contributed by atoms with Crippen molar-refractivity contribution in [2.45, 2.75) is 6.04 Å². The van der Waals surface area contributed by atoms with Crippen LogP contribution in [-0.2, 0) is 0 Å². The number of hydrogen-bond donors (Lipinski definition) is 1. The van der Waals surface area contributed by atoms with Crippen molar-refractivity contribution in [3.63, 3.8) is 0 Å². The van der Waals surface area contributed by atoms with Crippen molar-refractivity contribution >= 4 is 5.97 Å². The fraction of sp³-hybridized carbons (Fsp3) is 0.188. The van der Waals surface area contributed by atoms with Crippen molar-refractivity contribution in [3.05, 3.63) is 71.3 Å². The summed E-state index contributed by atoms with van der Waals surface area (Å²) in [7, 11) is 4.03. The molecule has 0 heterocycles. The van der Waals surface area contributed by atoms with Crippen LogP contribution in [0.3, 0.4) is 0 Å². The maximum atomic E-state index is 10.9. The van der Waals surface area contributed by atoms with Crippen molar-refractivity contribution in [1.29, 1.82) is 0 Å². The number of carboxylic acid groups (broad SMARTS) is 1. The summed E-state index contributed by atoms with van der Waals surface area (Å²) >= 11 is 0. The summed E-state index contributed by atoms with van der Waals surface area (Å²) in [6.07, 6.45) is 0. The molecule has 0 aliphatic rings. The van der Waals surface area contributed by atoms with Crippen molar-refractivity contribution in [2.24, 2.45) is 0 Å². The topological polar surface area (TPSA) is 40.5 Å². The van der Waals surface area contributed by atoms with Gasteiger partial charge in [-0.15, -0.1) is 0 Å². The summed E-state index contributed by atoms with van der Waals surface area (Å²) in [5.74, 6) is -0.896. The molecule has 0 aliphatic carbocycles. The molecule has 0 aromatic heterocycles. The molecule has 3 nitrogen and oxygen atoms in total. The first-order valence-electron chi connectivity index (χ1n) is 6.14. The van der Waals surface area contributed by atoms with Crippen LogP contribution in [-0.4, -0.2) is 30.1 Å². The Kier molecular flexibility index (Phi) is 3.97. The lowest BCUT2D eigenvalue weighted by molar-refractivity contribution is 0.0697. The third-order valence-corrected chi connectivity index (χ3v) is 3.11. The van der Waals surface area contributed by atoms with E-state index < -0.39 is 5.97 Å². The molecule has 2 aromatic rings. The predicted molar refractivity (Wildman–Crippen MR) is 75.4 cm³/mol. The lowest BCUT2D eigenvalue weighted by atomic mass is 9.97. The van der Waals surface area contributed by atoms with Crippen LogP contribution in [0.15, 0.2) is 54.6 Å². The van der Waals surface area contributed by atoms with Gasteiger partial charge in [-0.05, 0) is 37.4 Å². The molecule has 0 fully saturated rings. The van der Waals surface area contributed by atoms with Crippen LogP contribution in [0.1, 0.15) is 27.5 Å². The zero-order valence-electron chi connectivity index (χ0n) is 11.1. The van der Waals surface area contributed by atoms with Gasteiger partial charge < -0.3 is 5.11 Å². The molecule has 0 aliphatic heterocycles. The lowest BCUT2D eigenvalue weighted by Crippen LogP contribution is -2.21. The van der Waals surface area contributed by atoms with E-state index in [1.807, 2.05) is 44.4 Å². The van der Waals surface area contributed by atoms with E-state index in [9.17, 15) is 4.79 Å². The number of benzene rings is 2. The zero-order valence-corrected chi connectivity index (χ0v) is 11.1. The fourth-order valence-corrected chi connectivity index (χ4v) is 2.23. The number of aromatic carboxylic acids is 1. The first-order valence-corrected chi connectivity index (χ1v) is 6.14. The monoisotopic (exact) mass is 255 g/mol. The Morgan fingerprint density at radius 3 is 1.95 bits per heavy atom. The summed E-state index contributed by atoms with van der Waals surface area (Å²) < 4.78 is 0. The van der Waals surface area contributed by atoms with E-state index in [-0.39, 0.29) is 6.04 Å². The normalized spacial score (nSPS) is 12.4. The molecular weight excluding hydrogens is 238 g/mol. The first kappa shape index (κ1) is 13.3. The third kappa shape index (κ3) is 3.01. The van der Waals surface area contributed by atoms with Gasteiger partial charge in [0, 0.05) is 0 Å². The van der Waals surface area contributed by atoms with Crippen LogP contribution in [0.4, 0.5) is 0 Å². The minimum absolute atomic E-state index is 0.129. The SMILES string of the molecule is CN(C)C(c1ccccc1)c1ccc(C(=O)O)cc1. The fourth-order valence-electron chi connectivity index (χ4n) is 2.23. The average Bonchev–Trinajstić information content (AvgIpc) is 2.40. The Morgan fingerprint density at radius 2 is 1.47 bits per heavy atom. The van der Waals surface area contributed by atoms with Crippen LogP contribution in [0.2, 0.25) is 0 Å². The molecule has 0 spiro atoms. The van der Waals surface area contributed by atoms with Gasteiger partial charge in [0.2, 0.25) is 0 Å². The van der Waals surface area contributed by atoms with E-state index in [4.69, 9.17) is 5.11 Å². The Labute approximate surface area is 113 Å². The summed E-state index contributed by atoms with van der Waals surface area (Å²) in [4.78, 5) is 13.0. The van der Waals surface area contributed by atoms with Gasteiger partial charge in [-0.2, -0.15) is 0 Å². The Bertz CT molecular complexity index is 547. The molecule has 2 rings (SSSR count).